The second kappa shape index (κ2) is 7.98. The van der Waals surface area contributed by atoms with Gasteiger partial charge in [-0.15, -0.1) is 0 Å². The van der Waals surface area contributed by atoms with Crippen LogP contribution in [-0.4, -0.2) is 41.5 Å². The molecule has 0 spiro atoms. The molecule has 31 heavy (non-hydrogen) atoms. The molecule has 2 amide bonds. The molecule has 160 valence electrons. The molecule has 0 saturated carbocycles. The first-order valence-corrected chi connectivity index (χ1v) is 10.7. The number of aromatic amines is 1. The van der Waals surface area contributed by atoms with Crippen LogP contribution < -0.4 is 14.8 Å². The SMILES string of the molecule is CC(=O)Nc1c(C(=O)N2CCCC2c2ccc3c(c2)OCCCO3)[nH]c2ccccc12. The summed E-state index contributed by atoms with van der Waals surface area (Å²) in [5.41, 5.74) is 2.81. The minimum Gasteiger partial charge on any atom is -0.490 e. The Kier molecular flexibility index (Phi) is 5.02. The molecule has 7 nitrogen and oxygen atoms in total. The second-order valence-corrected chi connectivity index (χ2v) is 8.01. The number of amides is 2. The van der Waals surface area contributed by atoms with Crippen LogP contribution in [0.4, 0.5) is 5.69 Å². The van der Waals surface area contributed by atoms with Gasteiger partial charge in [-0.25, -0.2) is 0 Å². The maximum absolute atomic E-state index is 13.6. The van der Waals surface area contributed by atoms with E-state index in [2.05, 4.69) is 10.3 Å². The zero-order valence-electron chi connectivity index (χ0n) is 17.4. The lowest BCUT2D eigenvalue weighted by Crippen LogP contribution is -2.31. The van der Waals surface area contributed by atoms with E-state index in [9.17, 15) is 9.59 Å². The summed E-state index contributed by atoms with van der Waals surface area (Å²) in [6, 6.07) is 13.5. The lowest BCUT2D eigenvalue weighted by molar-refractivity contribution is -0.114. The molecule has 2 N–H and O–H groups in total. The minimum atomic E-state index is -0.209. The number of carbonyl (C=O) groups is 2. The number of benzene rings is 2. The highest BCUT2D eigenvalue weighted by molar-refractivity contribution is 6.12. The minimum absolute atomic E-state index is 0.0544. The number of nitrogens with one attached hydrogen (secondary N) is 2. The van der Waals surface area contributed by atoms with E-state index in [-0.39, 0.29) is 17.9 Å². The summed E-state index contributed by atoms with van der Waals surface area (Å²) < 4.78 is 11.6. The summed E-state index contributed by atoms with van der Waals surface area (Å²) in [6.07, 6.45) is 2.64. The predicted octanol–water partition coefficient (Wildman–Crippen LogP) is 4.26. The van der Waals surface area contributed by atoms with E-state index in [4.69, 9.17) is 9.47 Å². The lowest BCUT2D eigenvalue weighted by Gasteiger charge is -2.26. The first kappa shape index (κ1) is 19.5. The number of H-pyrrole nitrogens is 1. The van der Waals surface area contributed by atoms with Crippen molar-refractivity contribution >= 4 is 28.4 Å². The molecule has 3 heterocycles. The summed E-state index contributed by atoms with van der Waals surface area (Å²) in [5, 5.41) is 3.68. The molecule has 0 aliphatic carbocycles. The fourth-order valence-electron chi connectivity index (χ4n) is 4.50. The molecule has 1 atom stereocenters. The highest BCUT2D eigenvalue weighted by Gasteiger charge is 2.33. The number of nitrogens with zero attached hydrogens (tertiary/aromatic N) is 1. The zero-order valence-corrected chi connectivity index (χ0v) is 17.4. The number of carbonyl (C=O) groups excluding carboxylic acids is 2. The molecule has 7 heteroatoms. The van der Waals surface area contributed by atoms with Crippen molar-refractivity contribution in [2.75, 3.05) is 25.1 Å². The number of fused-ring (bicyclic) bond motifs is 2. The number of hydrogen-bond donors (Lipinski definition) is 2. The van der Waals surface area contributed by atoms with Gasteiger partial charge in [0.1, 0.15) is 5.69 Å². The fraction of sp³-hybridized carbons (Fsp3) is 0.333. The first-order chi connectivity index (χ1) is 15.1. The van der Waals surface area contributed by atoms with Crippen LogP contribution >= 0.6 is 0 Å². The van der Waals surface area contributed by atoms with Crippen LogP contribution in [0.1, 0.15) is 48.3 Å². The fourth-order valence-corrected chi connectivity index (χ4v) is 4.50. The normalized spacial score (nSPS) is 18.1. The van der Waals surface area contributed by atoms with E-state index >= 15 is 0 Å². The van der Waals surface area contributed by atoms with Crippen molar-refractivity contribution in [3.8, 4) is 11.5 Å². The highest BCUT2D eigenvalue weighted by Crippen LogP contribution is 2.39. The van der Waals surface area contributed by atoms with Gasteiger partial charge in [0.15, 0.2) is 11.5 Å². The number of rotatable bonds is 3. The Morgan fingerprint density at radius 3 is 2.71 bits per heavy atom. The van der Waals surface area contributed by atoms with Crippen molar-refractivity contribution in [1.82, 2.24) is 9.88 Å². The molecule has 0 bridgehead atoms. The monoisotopic (exact) mass is 419 g/mol. The van der Waals surface area contributed by atoms with E-state index in [0.717, 1.165) is 47.2 Å². The Balaban J connectivity index is 1.50. The molecule has 1 unspecified atom stereocenters. The van der Waals surface area contributed by atoms with E-state index < -0.39 is 0 Å². The molecule has 3 aromatic rings. The van der Waals surface area contributed by atoms with Crippen molar-refractivity contribution in [2.24, 2.45) is 0 Å². The van der Waals surface area contributed by atoms with E-state index in [1.54, 1.807) is 0 Å². The Morgan fingerprint density at radius 1 is 1.06 bits per heavy atom. The van der Waals surface area contributed by atoms with Crippen molar-refractivity contribution in [1.29, 1.82) is 0 Å². The van der Waals surface area contributed by atoms with Gasteiger partial charge in [0, 0.05) is 30.8 Å². The quantitative estimate of drug-likeness (QED) is 0.664. The third-order valence-electron chi connectivity index (χ3n) is 5.89. The third kappa shape index (κ3) is 3.60. The highest BCUT2D eigenvalue weighted by atomic mass is 16.5. The molecule has 1 saturated heterocycles. The summed E-state index contributed by atoms with van der Waals surface area (Å²) in [5.74, 6) is 1.16. The van der Waals surface area contributed by atoms with Gasteiger partial charge in [-0.2, -0.15) is 0 Å². The van der Waals surface area contributed by atoms with Gasteiger partial charge in [-0.1, -0.05) is 24.3 Å². The smallest absolute Gasteiger partial charge is 0.272 e. The molecule has 1 aromatic heterocycles. The number of hydrogen-bond acceptors (Lipinski definition) is 4. The van der Waals surface area contributed by atoms with Gasteiger partial charge in [0.05, 0.1) is 24.9 Å². The van der Waals surface area contributed by atoms with E-state index in [0.29, 0.717) is 31.1 Å². The van der Waals surface area contributed by atoms with Crippen LogP contribution in [0.25, 0.3) is 10.9 Å². The number of ether oxygens (including phenoxy) is 2. The maximum Gasteiger partial charge on any atom is 0.272 e. The molecule has 1 fully saturated rings. The molecular formula is C24H25N3O4. The molecule has 5 rings (SSSR count). The van der Waals surface area contributed by atoms with Crippen LogP contribution in [0.15, 0.2) is 42.5 Å². The van der Waals surface area contributed by atoms with Gasteiger partial charge >= 0.3 is 0 Å². The molecule has 2 aliphatic rings. The Bertz CT molecular complexity index is 1150. The number of para-hydroxylation sites is 1. The van der Waals surface area contributed by atoms with Crippen molar-refractivity contribution in [3.63, 3.8) is 0 Å². The topological polar surface area (TPSA) is 83.7 Å². The average Bonchev–Trinajstić information content (AvgIpc) is 3.32. The van der Waals surface area contributed by atoms with Crippen LogP contribution in [0.3, 0.4) is 0 Å². The van der Waals surface area contributed by atoms with E-state index in [1.807, 2.05) is 47.4 Å². The molecule has 2 aliphatic heterocycles. The summed E-state index contributed by atoms with van der Waals surface area (Å²) in [7, 11) is 0. The first-order valence-electron chi connectivity index (χ1n) is 10.7. The van der Waals surface area contributed by atoms with Gasteiger partial charge in [0.25, 0.3) is 5.91 Å². The van der Waals surface area contributed by atoms with Crippen LogP contribution in [0, 0.1) is 0 Å². The van der Waals surface area contributed by atoms with Crippen molar-refractivity contribution in [2.45, 2.75) is 32.2 Å². The average molecular weight is 419 g/mol. The zero-order chi connectivity index (χ0) is 21.4. The molecular weight excluding hydrogens is 394 g/mol. The van der Waals surface area contributed by atoms with Gasteiger partial charge in [-0.05, 0) is 36.6 Å². The number of likely N-dealkylation sites (tertiary alicyclic amines) is 1. The lowest BCUT2D eigenvalue weighted by atomic mass is 10.0. The number of aromatic nitrogens is 1. The largest absolute Gasteiger partial charge is 0.490 e. The summed E-state index contributed by atoms with van der Waals surface area (Å²) >= 11 is 0. The van der Waals surface area contributed by atoms with E-state index in [1.165, 1.54) is 6.92 Å². The standard InChI is InChI=1S/C24H25N3O4/c1-15(28)25-22-17-6-2-3-7-18(17)26-23(22)24(29)27-11-4-8-19(27)16-9-10-20-21(14-16)31-13-5-12-30-20/h2-3,6-7,9-10,14,19,26H,4-5,8,11-13H2,1H3,(H,25,28). The van der Waals surface area contributed by atoms with Gasteiger partial charge in [-0.3, -0.25) is 9.59 Å². The number of anilines is 1. The van der Waals surface area contributed by atoms with Crippen LogP contribution in [-0.2, 0) is 4.79 Å². The third-order valence-corrected chi connectivity index (χ3v) is 5.89. The van der Waals surface area contributed by atoms with Crippen LogP contribution in [0.5, 0.6) is 11.5 Å². The Morgan fingerprint density at radius 2 is 1.87 bits per heavy atom. The second-order valence-electron chi connectivity index (χ2n) is 8.01. The van der Waals surface area contributed by atoms with Gasteiger partial charge < -0.3 is 24.7 Å². The van der Waals surface area contributed by atoms with Gasteiger partial charge in [0.2, 0.25) is 5.91 Å². The summed E-state index contributed by atoms with van der Waals surface area (Å²) in [6.45, 7) is 3.38. The van der Waals surface area contributed by atoms with Crippen molar-refractivity contribution in [3.05, 3.63) is 53.7 Å². The van der Waals surface area contributed by atoms with Crippen molar-refractivity contribution < 1.29 is 19.1 Å². The summed E-state index contributed by atoms with van der Waals surface area (Å²) in [4.78, 5) is 30.6. The Hall–Kier alpha value is -3.48. The Labute approximate surface area is 180 Å². The predicted molar refractivity (Wildman–Crippen MR) is 118 cm³/mol. The molecule has 2 aromatic carbocycles. The molecule has 0 radical (unpaired) electrons. The maximum atomic E-state index is 13.6. The van der Waals surface area contributed by atoms with Crippen LogP contribution in [0.2, 0.25) is 0 Å².